The SMILES string of the molecule is Cc1ncc(N2N=C(c3ccc([N+](=O)[O-])cc3)c3cc4c(cc3CC2C)OCO4)o1. The number of nitro benzene ring substituents is 1. The van der Waals surface area contributed by atoms with Gasteiger partial charge in [-0.1, -0.05) is 0 Å². The predicted octanol–water partition coefficient (Wildman–Crippen LogP) is 3.82. The quantitative estimate of drug-likeness (QED) is 0.481. The highest BCUT2D eigenvalue weighted by atomic mass is 16.7. The maximum absolute atomic E-state index is 11.1. The third kappa shape index (κ3) is 3.04. The Morgan fingerprint density at radius 1 is 1.17 bits per heavy atom. The Bertz CT molecular complexity index is 1170. The number of hydrogen-bond donors (Lipinski definition) is 0. The van der Waals surface area contributed by atoms with Crippen LogP contribution in [0.4, 0.5) is 11.6 Å². The molecule has 5 rings (SSSR count). The first kappa shape index (κ1) is 18.2. The molecule has 0 N–H and O–H groups in total. The van der Waals surface area contributed by atoms with E-state index >= 15 is 0 Å². The van der Waals surface area contributed by atoms with Gasteiger partial charge in [-0.3, -0.25) is 10.1 Å². The summed E-state index contributed by atoms with van der Waals surface area (Å²) in [6.45, 7) is 4.01. The van der Waals surface area contributed by atoms with Crippen LogP contribution >= 0.6 is 0 Å². The zero-order valence-electron chi connectivity index (χ0n) is 16.4. The highest BCUT2D eigenvalue weighted by Gasteiger charge is 2.29. The number of aromatic nitrogens is 1. The van der Waals surface area contributed by atoms with Gasteiger partial charge in [-0.05, 0) is 43.2 Å². The van der Waals surface area contributed by atoms with Crippen LogP contribution in [-0.2, 0) is 6.42 Å². The van der Waals surface area contributed by atoms with Crippen LogP contribution < -0.4 is 14.5 Å². The van der Waals surface area contributed by atoms with Crippen LogP contribution in [0.1, 0.15) is 29.5 Å². The summed E-state index contributed by atoms with van der Waals surface area (Å²) in [6.07, 6.45) is 2.33. The van der Waals surface area contributed by atoms with E-state index in [2.05, 4.69) is 11.9 Å². The van der Waals surface area contributed by atoms with Crippen LogP contribution in [0.3, 0.4) is 0 Å². The van der Waals surface area contributed by atoms with E-state index in [1.54, 1.807) is 30.3 Å². The van der Waals surface area contributed by atoms with Crippen LogP contribution in [0, 0.1) is 17.0 Å². The van der Waals surface area contributed by atoms with Gasteiger partial charge < -0.3 is 13.9 Å². The first-order chi connectivity index (χ1) is 14.5. The van der Waals surface area contributed by atoms with Crippen molar-refractivity contribution in [1.29, 1.82) is 0 Å². The number of hydrazone groups is 1. The number of hydrogen-bond acceptors (Lipinski definition) is 8. The van der Waals surface area contributed by atoms with E-state index in [0.29, 0.717) is 35.4 Å². The van der Waals surface area contributed by atoms with E-state index in [1.165, 1.54) is 12.1 Å². The average Bonchev–Trinajstić information content (AvgIpc) is 3.33. The summed E-state index contributed by atoms with van der Waals surface area (Å²) in [4.78, 5) is 14.8. The summed E-state index contributed by atoms with van der Waals surface area (Å²) in [5.74, 6) is 2.44. The summed E-state index contributed by atoms with van der Waals surface area (Å²) in [6, 6.07) is 10.2. The minimum atomic E-state index is -0.420. The van der Waals surface area contributed by atoms with Gasteiger partial charge in [-0.15, -0.1) is 0 Å². The lowest BCUT2D eigenvalue weighted by atomic mass is 9.94. The molecule has 1 unspecified atom stereocenters. The number of anilines is 1. The van der Waals surface area contributed by atoms with E-state index in [9.17, 15) is 10.1 Å². The fourth-order valence-corrected chi connectivity index (χ4v) is 3.72. The molecule has 0 amide bonds. The minimum Gasteiger partial charge on any atom is -0.454 e. The predicted molar refractivity (Wildman–Crippen MR) is 108 cm³/mol. The van der Waals surface area contributed by atoms with Crippen molar-refractivity contribution in [2.75, 3.05) is 11.8 Å². The first-order valence-corrected chi connectivity index (χ1v) is 9.47. The second-order valence-corrected chi connectivity index (χ2v) is 7.23. The van der Waals surface area contributed by atoms with Crippen LogP contribution in [0.2, 0.25) is 0 Å². The molecule has 3 aromatic rings. The average molecular weight is 406 g/mol. The lowest BCUT2D eigenvalue weighted by Crippen LogP contribution is -2.29. The molecule has 152 valence electrons. The van der Waals surface area contributed by atoms with Crippen molar-refractivity contribution < 1.29 is 18.8 Å². The molecule has 1 aromatic heterocycles. The number of benzene rings is 2. The van der Waals surface area contributed by atoms with Gasteiger partial charge in [0.25, 0.3) is 5.69 Å². The molecule has 1 atom stereocenters. The van der Waals surface area contributed by atoms with Gasteiger partial charge in [0.2, 0.25) is 12.7 Å². The molecule has 0 aliphatic carbocycles. The van der Waals surface area contributed by atoms with E-state index in [-0.39, 0.29) is 18.5 Å². The molecule has 2 aliphatic rings. The zero-order valence-corrected chi connectivity index (χ0v) is 16.4. The van der Waals surface area contributed by atoms with Gasteiger partial charge in [0.15, 0.2) is 17.4 Å². The molecule has 2 aliphatic heterocycles. The van der Waals surface area contributed by atoms with Gasteiger partial charge in [0, 0.05) is 30.2 Å². The number of nitrogens with zero attached hydrogens (tertiary/aromatic N) is 4. The molecule has 0 radical (unpaired) electrons. The van der Waals surface area contributed by atoms with E-state index in [1.807, 2.05) is 12.1 Å². The molecule has 2 aromatic carbocycles. The van der Waals surface area contributed by atoms with Crippen molar-refractivity contribution in [3.8, 4) is 11.5 Å². The normalized spacial score (nSPS) is 17.3. The highest BCUT2D eigenvalue weighted by Crippen LogP contribution is 2.38. The molecule has 0 bridgehead atoms. The second-order valence-electron chi connectivity index (χ2n) is 7.23. The summed E-state index contributed by atoms with van der Waals surface area (Å²) < 4.78 is 16.9. The van der Waals surface area contributed by atoms with Gasteiger partial charge in [0.1, 0.15) is 0 Å². The smallest absolute Gasteiger partial charge is 0.269 e. The molecular formula is C21H18N4O5. The largest absolute Gasteiger partial charge is 0.454 e. The number of fused-ring (bicyclic) bond motifs is 2. The van der Waals surface area contributed by atoms with Crippen molar-refractivity contribution in [2.45, 2.75) is 26.3 Å². The van der Waals surface area contributed by atoms with Gasteiger partial charge in [-0.25, -0.2) is 9.99 Å². The summed E-state index contributed by atoms with van der Waals surface area (Å²) in [5.41, 5.74) is 3.36. The second kappa shape index (κ2) is 6.87. The van der Waals surface area contributed by atoms with Crippen LogP contribution in [0.15, 0.2) is 52.1 Å². The summed E-state index contributed by atoms with van der Waals surface area (Å²) in [5, 5.41) is 17.8. The van der Waals surface area contributed by atoms with E-state index in [4.69, 9.17) is 19.0 Å². The number of non-ortho nitro benzene ring substituents is 1. The van der Waals surface area contributed by atoms with Gasteiger partial charge in [-0.2, -0.15) is 5.10 Å². The fraction of sp³-hybridized carbons (Fsp3) is 0.238. The van der Waals surface area contributed by atoms with Gasteiger partial charge in [0.05, 0.1) is 22.9 Å². The monoisotopic (exact) mass is 406 g/mol. The van der Waals surface area contributed by atoms with Crippen molar-refractivity contribution in [3.63, 3.8) is 0 Å². The number of oxazole rings is 1. The standard InChI is InChI=1S/C21H18N4O5/c1-12-7-15-8-18-19(29-11-28-18)9-17(15)21(14-3-5-16(6-4-14)25(26)27)23-24(12)20-10-22-13(2)30-20/h3-6,8-10,12H,7,11H2,1-2H3. The Labute approximate surface area is 171 Å². The molecule has 3 heterocycles. The van der Waals surface area contributed by atoms with Crippen LogP contribution in [0.5, 0.6) is 11.5 Å². The molecule has 0 saturated carbocycles. The molecule has 0 fully saturated rings. The van der Waals surface area contributed by atoms with Gasteiger partial charge >= 0.3 is 0 Å². The minimum absolute atomic E-state index is 0.0213. The molecule has 0 spiro atoms. The maximum Gasteiger partial charge on any atom is 0.269 e. The Hall–Kier alpha value is -3.88. The Balaban J connectivity index is 1.68. The Morgan fingerprint density at radius 2 is 1.90 bits per heavy atom. The number of aryl methyl sites for hydroxylation is 1. The summed E-state index contributed by atoms with van der Waals surface area (Å²) in [7, 11) is 0. The first-order valence-electron chi connectivity index (χ1n) is 9.47. The molecule has 9 nitrogen and oxygen atoms in total. The third-order valence-corrected chi connectivity index (χ3v) is 5.18. The molecular weight excluding hydrogens is 388 g/mol. The van der Waals surface area contributed by atoms with Crippen molar-refractivity contribution in [2.24, 2.45) is 5.10 Å². The van der Waals surface area contributed by atoms with E-state index in [0.717, 1.165) is 16.7 Å². The topological polar surface area (TPSA) is 103 Å². The van der Waals surface area contributed by atoms with Crippen LogP contribution in [-0.4, -0.2) is 28.5 Å². The van der Waals surface area contributed by atoms with Crippen LogP contribution in [0.25, 0.3) is 0 Å². The lowest BCUT2D eigenvalue weighted by molar-refractivity contribution is -0.384. The number of rotatable bonds is 3. The number of nitro groups is 1. The van der Waals surface area contributed by atoms with Crippen molar-refractivity contribution in [3.05, 3.63) is 75.3 Å². The molecule has 30 heavy (non-hydrogen) atoms. The zero-order chi connectivity index (χ0) is 20.8. The maximum atomic E-state index is 11.1. The van der Waals surface area contributed by atoms with Crippen molar-refractivity contribution >= 4 is 17.3 Å². The van der Waals surface area contributed by atoms with E-state index < -0.39 is 4.92 Å². The Morgan fingerprint density at radius 3 is 2.57 bits per heavy atom. The summed E-state index contributed by atoms with van der Waals surface area (Å²) >= 11 is 0. The molecule has 0 saturated heterocycles. The van der Waals surface area contributed by atoms with Crippen molar-refractivity contribution in [1.82, 2.24) is 4.98 Å². The fourth-order valence-electron chi connectivity index (χ4n) is 3.72. The molecule has 9 heteroatoms. The third-order valence-electron chi connectivity index (χ3n) is 5.18. The lowest BCUT2D eigenvalue weighted by Gasteiger charge is -2.22. The highest BCUT2D eigenvalue weighted by molar-refractivity contribution is 6.14. The Kier molecular flexibility index (Phi) is 4.16. The number of ether oxygens (including phenoxy) is 2.